The predicted molar refractivity (Wildman–Crippen MR) is 122 cm³/mol. The van der Waals surface area contributed by atoms with Crippen molar-refractivity contribution in [2.75, 3.05) is 5.75 Å². The highest BCUT2D eigenvalue weighted by atomic mass is 35.5. The SMILES string of the molecule is Cc1ccc(CC(CCS(=O)c2ccc(C=O)cc2)c2cccc(Cl)c2)cc1C. The summed E-state index contributed by atoms with van der Waals surface area (Å²) < 4.78 is 12.8. The molecule has 2 unspecified atom stereocenters. The molecule has 0 N–H and O–H groups in total. The number of aryl methyl sites for hydroxylation is 2. The maximum Gasteiger partial charge on any atom is 0.150 e. The maximum absolute atomic E-state index is 12.8. The molecular formula is C25H25ClO2S. The first-order valence-corrected chi connectivity index (χ1v) is 11.4. The molecule has 0 amide bonds. The molecule has 0 saturated carbocycles. The van der Waals surface area contributed by atoms with Crippen LogP contribution in [0.2, 0.25) is 5.02 Å². The first kappa shape index (κ1) is 21.5. The van der Waals surface area contributed by atoms with E-state index in [0.29, 0.717) is 11.3 Å². The van der Waals surface area contributed by atoms with Gasteiger partial charge in [-0.2, -0.15) is 0 Å². The second-order valence-corrected chi connectivity index (χ2v) is 9.41. The molecule has 0 aliphatic heterocycles. The zero-order valence-corrected chi connectivity index (χ0v) is 18.3. The molecule has 0 radical (unpaired) electrons. The molecule has 0 spiro atoms. The number of carbonyl (C=O) groups is 1. The summed E-state index contributed by atoms with van der Waals surface area (Å²) in [6.45, 7) is 4.25. The van der Waals surface area contributed by atoms with Crippen LogP contribution < -0.4 is 0 Å². The number of hydrogen-bond acceptors (Lipinski definition) is 2. The fourth-order valence-corrected chi connectivity index (χ4v) is 4.80. The lowest BCUT2D eigenvalue weighted by molar-refractivity contribution is 0.112. The highest BCUT2D eigenvalue weighted by Crippen LogP contribution is 2.28. The fraction of sp³-hybridized carbons (Fsp3) is 0.240. The summed E-state index contributed by atoms with van der Waals surface area (Å²) in [6.07, 6.45) is 2.46. The summed E-state index contributed by atoms with van der Waals surface area (Å²) in [6, 6.07) is 21.5. The molecule has 29 heavy (non-hydrogen) atoms. The zero-order valence-electron chi connectivity index (χ0n) is 16.7. The molecule has 0 fully saturated rings. The highest BCUT2D eigenvalue weighted by Gasteiger charge is 2.16. The van der Waals surface area contributed by atoms with Gasteiger partial charge in [-0.3, -0.25) is 9.00 Å². The average molecular weight is 425 g/mol. The number of hydrogen-bond donors (Lipinski definition) is 0. The van der Waals surface area contributed by atoms with Gasteiger partial charge in [0.1, 0.15) is 6.29 Å². The third-order valence-corrected chi connectivity index (χ3v) is 6.94. The highest BCUT2D eigenvalue weighted by molar-refractivity contribution is 7.85. The standard InChI is InChI=1S/C25H25ClO2S/c1-18-6-7-21(14-19(18)2)15-23(22-4-3-5-24(26)16-22)12-13-29(28)25-10-8-20(17-27)9-11-25/h3-11,14,16-17,23H,12-13,15H2,1-2H3. The summed E-state index contributed by atoms with van der Waals surface area (Å²) >= 11 is 6.24. The van der Waals surface area contributed by atoms with Crippen LogP contribution in [0.4, 0.5) is 0 Å². The molecule has 3 aromatic carbocycles. The molecule has 0 aromatic heterocycles. The van der Waals surface area contributed by atoms with Gasteiger partial charge >= 0.3 is 0 Å². The van der Waals surface area contributed by atoms with Crippen molar-refractivity contribution in [3.8, 4) is 0 Å². The van der Waals surface area contributed by atoms with Crippen molar-refractivity contribution in [3.05, 3.63) is 99.6 Å². The smallest absolute Gasteiger partial charge is 0.150 e. The average Bonchev–Trinajstić information content (AvgIpc) is 2.73. The largest absolute Gasteiger partial charge is 0.298 e. The van der Waals surface area contributed by atoms with Gasteiger partial charge in [0.05, 0.1) is 10.8 Å². The van der Waals surface area contributed by atoms with Crippen molar-refractivity contribution < 1.29 is 9.00 Å². The Bertz CT molecular complexity index is 1010. The van der Waals surface area contributed by atoms with Crippen LogP contribution in [0.3, 0.4) is 0 Å². The third kappa shape index (κ3) is 5.88. The van der Waals surface area contributed by atoms with E-state index in [1.54, 1.807) is 24.3 Å². The maximum atomic E-state index is 12.8. The van der Waals surface area contributed by atoms with Crippen LogP contribution in [0.25, 0.3) is 0 Å². The van der Waals surface area contributed by atoms with Crippen molar-refractivity contribution in [1.82, 2.24) is 0 Å². The molecule has 0 heterocycles. The Morgan fingerprint density at radius 2 is 1.72 bits per heavy atom. The van der Waals surface area contributed by atoms with Crippen LogP contribution >= 0.6 is 11.6 Å². The van der Waals surface area contributed by atoms with Crippen molar-refractivity contribution in [2.24, 2.45) is 0 Å². The quantitative estimate of drug-likeness (QED) is 0.398. The minimum atomic E-state index is -1.11. The van der Waals surface area contributed by atoms with Crippen LogP contribution in [0, 0.1) is 13.8 Å². The number of carbonyl (C=O) groups excluding carboxylic acids is 1. The lowest BCUT2D eigenvalue weighted by Gasteiger charge is -2.19. The normalized spacial score (nSPS) is 13.1. The number of aldehydes is 1. The van der Waals surface area contributed by atoms with E-state index in [1.165, 1.54) is 22.3 Å². The van der Waals surface area contributed by atoms with E-state index in [-0.39, 0.29) is 5.92 Å². The van der Waals surface area contributed by atoms with E-state index < -0.39 is 10.8 Å². The molecule has 2 atom stereocenters. The monoisotopic (exact) mass is 424 g/mol. The van der Waals surface area contributed by atoms with E-state index in [9.17, 15) is 9.00 Å². The Labute approximate surface area is 180 Å². The van der Waals surface area contributed by atoms with Crippen molar-refractivity contribution in [1.29, 1.82) is 0 Å². The number of rotatable bonds is 8. The van der Waals surface area contributed by atoms with Gasteiger partial charge in [-0.05, 0) is 79.1 Å². The second kappa shape index (κ2) is 10.00. The van der Waals surface area contributed by atoms with E-state index in [2.05, 4.69) is 38.1 Å². The molecular weight excluding hydrogens is 400 g/mol. The van der Waals surface area contributed by atoms with Gasteiger partial charge in [-0.1, -0.05) is 54.1 Å². The zero-order chi connectivity index (χ0) is 20.8. The second-order valence-electron chi connectivity index (χ2n) is 7.40. The molecule has 3 rings (SSSR count). The Hall–Kier alpha value is -2.23. The Kier molecular flexibility index (Phi) is 7.40. The minimum absolute atomic E-state index is 0.231. The molecule has 150 valence electrons. The summed E-state index contributed by atoms with van der Waals surface area (Å²) in [4.78, 5) is 11.6. The molecule has 0 aliphatic rings. The lowest BCUT2D eigenvalue weighted by atomic mass is 9.89. The van der Waals surface area contributed by atoms with Gasteiger partial charge in [0.25, 0.3) is 0 Å². The van der Waals surface area contributed by atoms with E-state index in [4.69, 9.17) is 11.6 Å². The molecule has 0 saturated heterocycles. The summed E-state index contributed by atoms with van der Waals surface area (Å²) in [5, 5.41) is 0.721. The van der Waals surface area contributed by atoms with Gasteiger partial charge in [0.2, 0.25) is 0 Å². The number of benzene rings is 3. The van der Waals surface area contributed by atoms with Gasteiger partial charge in [-0.15, -0.1) is 0 Å². The van der Waals surface area contributed by atoms with E-state index in [0.717, 1.165) is 29.0 Å². The first-order valence-electron chi connectivity index (χ1n) is 9.71. The van der Waals surface area contributed by atoms with Crippen LogP contribution in [-0.4, -0.2) is 16.2 Å². The summed E-state index contributed by atoms with van der Waals surface area (Å²) in [5.41, 5.74) is 5.61. The Morgan fingerprint density at radius 3 is 2.38 bits per heavy atom. The van der Waals surface area contributed by atoms with Crippen LogP contribution in [0.1, 0.15) is 45.0 Å². The van der Waals surface area contributed by atoms with Crippen molar-refractivity contribution in [3.63, 3.8) is 0 Å². The van der Waals surface area contributed by atoms with Crippen molar-refractivity contribution in [2.45, 2.75) is 37.5 Å². The molecule has 2 nitrogen and oxygen atoms in total. The molecule has 0 bridgehead atoms. The van der Waals surface area contributed by atoms with Crippen LogP contribution in [-0.2, 0) is 17.2 Å². The minimum Gasteiger partial charge on any atom is -0.298 e. The molecule has 0 aliphatic carbocycles. The van der Waals surface area contributed by atoms with E-state index in [1.807, 2.05) is 18.2 Å². The summed E-state index contributed by atoms with van der Waals surface area (Å²) in [5.74, 6) is 0.789. The van der Waals surface area contributed by atoms with Gasteiger partial charge in [-0.25, -0.2) is 0 Å². The van der Waals surface area contributed by atoms with E-state index >= 15 is 0 Å². The van der Waals surface area contributed by atoms with Crippen LogP contribution in [0.15, 0.2) is 71.6 Å². The van der Waals surface area contributed by atoms with Gasteiger partial charge < -0.3 is 0 Å². The van der Waals surface area contributed by atoms with Crippen molar-refractivity contribution >= 4 is 28.7 Å². The van der Waals surface area contributed by atoms with Gasteiger partial charge in [0, 0.05) is 21.2 Å². The predicted octanol–water partition coefficient (Wildman–Crippen LogP) is 6.29. The molecule has 3 aromatic rings. The van der Waals surface area contributed by atoms with Crippen LogP contribution in [0.5, 0.6) is 0 Å². The fourth-order valence-electron chi connectivity index (χ4n) is 3.43. The first-order chi connectivity index (χ1) is 14.0. The van der Waals surface area contributed by atoms with Gasteiger partial charge in [0.15, 0.2) is 0 Å². The topological polar surface area (TPSA) is 34.1 Å². The third-order valence-electron chi connectivity index (χ3n) is 5.30. The number of halogens is 1. The Balaban J connectivity index is 1.77. The summed E-state index contributed by atoms with van der Waals surface area (Å²) in [7, 11) is -1.11. The Morgan fingerprint density at radius 1 is 0.966 bits per heavy atom. The lowest BCUT2D eigenvalue weighted by Crippen LogP contribution is -2.09. The molecule has 4 heteroatoms.